The number of halogens is 2. The molecule has 1 unspecified atom stereocenters. The molecule has 0 spiro atoms. The molecule has 0 aliphatic heterocycles. The SMILES string of the molecule is O=C(NC1CCC[C@H]1NC(=O)c1ccc(Cl)c(Cl)c1)c1ccc(-n2ccccc2=O)cc1. The summed E-state index contributed by atoms with van der Waals surface area (Å²) in [5.74, 6) is -0.481. The van der Waals surface area contributed by atoms with Crippen molar-refractivity contribution in [2.45, 2.75) is 31.3 Å². The van der Waals surface area contributed by atoms with Gasteiger partial charge in [-0.25, -0.2) is 0 Å². The maximum absolute atomic E-state index is 12.8. The second-order valence-corrected chi connectivity index (χ2v) is 8.49. The zero-order chi connectivity index (χ0) is 22.7. The Bertz CT molecular complexity index is 1210. The standard InChI is InChI=1S/C24H21Cl2N3O3/c25-18-12-9-16(14-19(18)26)24(32)28-21-5-3-4-20(21)27-23(31)15-7-10-17(11-8-15)29-13-2-1-6-22(29)30/h1-2,6-14,20-21H,3-5H2,(H,27,31)(H,28,32)/t20?,21-/m1/s1. The van der Waals surface area contributed by atoms with Crippen LogP contribution in [0.25, 0.3) is 5.69 Å². The Labute approximate surface area is 195 Å². The molecule has 0 radical (unpaired) electrons. The van der Waals surface area contributed by atoms with E-state index in [-0.39, 0.29) is 29.5 Å². The van der Waals surface area contributed by atoms with E-state index in [1.54, 1.807) is 54.7 Å². The number of amides is 2. The van der Waals surface area contributed by atoms with Crippen molar-refractivity contribution in [3.63, 3.8) is 0 Å². The molecule has 4 rings (SSSR count). The van der Waals surface area contributed by atoms with Gasteiger partial charge in [-0.05, 0) is 67.8 Å². The van der Waals surface area contributed by atoms with Crippen molar-refractivity contribution in [1.82, 2.24) is 15.2 Å². The number of carbonyl (C=O) groups is 2. The fourth-order valence-corrected chi connectivity index (χ4v) is 4.16. The van der Waals surface area contributed by atoms with Gasteiger partial charge in [0.05, 0.1) is 10.0 Å². The fourth-order valence-electron chi connectivity index (χ4n) is 3.86. The molecule has 0 bridgehead atoms. The summed E-state index contributed by atoms with van der Waals surface area (Å²) < 4.78 is 1.51. The van der Waals surface area contributed by atoms with Crippen molar-refractivity contribution in [1.29, 1.82) is 0 Å². The molecule has 1 saturated carbocycles. The predicted molar refractivity (Wildman–Crippen MR) is 125 cm³/mol. The minimum absolute atomic E-state index is 0.142. The monoisotopic (exact) mass is 469 g/mol. The third kappa shape index (κ3) is 4.87. The van der Waals surface area contributed by atoms with Crippen LogP contribution >= 0.6 is 23.2 Å². The van der Waals surface area contributed by atoms with Gasteiger partial charge < -0.3 is 10.6 Å². The topological polar surface area (TPSA) is 80.2 Å². The van der Waals surface area contributed by atoms with Gasteiger partial charge in [-0.2, -0.15) is 0 Å². The maximum Gasteiger partial charge on any atom is 0.255 e. The average molecular weight is 470 g/mol. The van der Waals surface area contributed by atoms with E-state index >= 15 is 0 Å². The van der Waals surface area contributed by atoms with Crippen LogP contribution in [0, 0.1) is 0 Å². The van der Waals surface area contributed by atoms with E-state index in [1.165, 1.54) is 16.7 Å². The second kappa shape index (κ2) is 9.59. The molecule has 3 aromatic rings. The molecule has 164 valence electrons. The number of pyridine rings is 1. The van der Waals surface area contributed by atoms with Crippen LogP contribution in [0.4, 0.5) is 0 Å². The van der Waals surface area contributed by atoms with Gasteiger partial charge in [0.2, 0.25) is 0 Å². The molecule has 6 nitrogen and oxygen atoms in total. The van der Waals surface area contributed by atoms with Crippen LogP contribution < -0.4 is 16.2 Å². The summed E-state index contributed by atoms with van der Waals surface area (Å²) in [4.78, 5) is 37.4. The Morgan fingerprint density at radius 2 is 1.44 bits per heavy atom. The largest absolute Gasteiger partial charge is 0.347 e. The summed E-state index contributed by atoms with van der Waals surface area (Å²) in [6, 6.07) is 16.1. The van der Waals surface area contributed by atoms with E-state index in [0.29, 0.717) is 26.9 Å². The molecular formula is C24H21Cl2N3O3. The van der Waals surface area contributed by atoms with E-state index < -0.39 is 0 Å². The van der Waals surface area contributed by atoms with E-state index in [2.05, 4.69) is 10.6 Å². The number of hydrogen-bond donors (Lipinski definition) is 2. The van der Waals surface area contributed by atoms with E-state index in [1.807, 2.05) is 0 Å². The number of carbonyl (C=O) groups excluding carboxylic acids is 2. The average Bonchev–Trinajstić information content (AvgIpc) is 3.22. The molecule has 32 heavy (non-hydrogen) atoms. The molecular weight excluding hydrogens is 449 g/mol. The third-order valence-electron chi connectivity index (χ3n) is 5.56. The van der Waals surface area contributed by atoms with Crippen molar-refractivity contribution in [2.75, 3.05) is 0 Å². The van der Waals surface area contributed by atoms with Crippen molar-refractivity contribution in [3.8, 4) is 5.69 Å². The van der Waals surface area contributed by atoms with Gasteiger partial charge in [0, 0.05) is 41.2 Å². The quantitative estimate of drug-likeness (QED) is 0.586. The molecule has 1 aromatic heterocycles. The van der Waals surface area contributed by atoms with Crippen molar-refractivity contribution >= 4 is 35.0 Å². The first-order chi connectivity index (χ1) is 15.4. The minimum Gasteiger partial charge on any atom is -0.347 e. The zero-order valence-electron chi connectivity index (χ0n) is 17.1. The molecule has 1 aliphatic carbocycles. The first-order valence-corrected chi connectivity index (χ1v) is 11.0. The highest BCUT2D eigenvalue weighted by molar-refractivity contribution is 6.42. The first-order valence-electron chi connectivity index (χ1n) is 10.3. The fraction of sp³-hybridized carbons (Fsp3) is 0.208. The van der Waals surface area contributed by atoms with Crippen LogP contribution in [0.5, 0.6) is 0 Å². The van der Waals surface area contributed by atoms with Gasteiger partial charge in [-0.3, -0.25) is 19.0 Å². The third-order valence-corrected chi connectivity index (χ3v) is 6.30. The number of hydrogen-bond acceptors (Lipinski definition) is 3. The number of benzene rings is 2. The van der Waals surface area contributed by atoms with Crippen LogP contribution in [-0.2, 0) is 0 Å². The van der Waals surface area contributed by atoms with Crippen molar-refractivity contribution in [2.24, 2.45) is 0 Å². The predicted octanol–water partition coefficient (Wildman–Crippen LogP) is 4.23. The van der Waals surface area contributed by atoms with Gasteiger partial charge in [-0.15, -0.1) is 0 Å². The summed E-state index contributed by atoms with van der Waals surface area (Å²) in [5.41, 5.74) is 1.44. The van der Waals surface area contributed by atoms with Crippen LogP contribution in [0.15, 0.2) is 71.7 Å². The summed E-state index contributed by atoms with van der Waals surface area (Å²) in [6.07, 6.45) is 4.12. The van der Waals surface area contributed by atoms with Gasteiger partial charge in [0.15, 0.2) is 0 Å². The van der Waals surface area contributed by atoms with E-state index in [9.17, 15) is 14.4 Å². The second-order valence-electron chi connectivity index (χ2n) is 7.68. The Morgan fingerprint density at radius 1 is 0.812 bits per heavy atom. The van der Waals surface area contributed by atoms with E-state index in [0.717, 1.165) is 19.3 Å². The lowest BCUT2D eigenvalue weighted by Gasteiger charge is -2.22. The highest BCUT2D eigenvalue weighted by Crippen LogP contribution is 2.24. The van der Waals surface area contributed by atoms with Crippen molar-refractivity contribution < 1.29 is 9.59 Å². The lowest BCUT2D eigenvalue weighted by molar-refractivity contribution is 0.0892. The smallest absolute Gasteiger partial charge is 0.255 e. The molecule has 8 heteroatoms. The molecule has 1 fully saturated rings. The van der Waals surface area contributed by atoms with Crippen LogP contribution in [-0.4, -0.2) is 28.5 Å². The normalized spacial score (nSPS) is 17.7. The Balaban J connectivity index is 1.41. The molecule has 0 saturated heterocycles. The Kier molecular flexibility index (Phi) is 6.63. The lowest BCUT2D eigenvalue weighted by Crippen LogP contribution is -2.48. The molecule has 2 atom stereocenters. The van der Waals surface area contributed by atoms with Gasteiger partial charge in [0.25, 0.3) is 17.4 Å². The number of nitrogens with one attached hydrogen (secondary N) is 2. The number of nitrogens with zero attached hydrogens (tertiary/aromatic N) is 1. The first kappa shape index (κ1) is 22.1. The molecule has 1 aliphatic rings. The highest BCUT2D eigenvalue weighted by atomic mass is 35.5. The van der Waals surface area contributed by atoms with E-state index in [4.69, 9.17) is 23.2 Å². The van der Waals surface area contributed by atoms with Crippen LogP contribution in [0.1, 0.15) is 40.0 Å². The molecule has 2 N–H and O–H groups in total. The van der Waals surface area contributed by atoms with Gasteiger partial charge >= 0.3 is 0 Å². The summed E-state index contributed by atoms with van der Waals surface area (Å²) >= 11 is 11.9. The highest BCUT2D eigenvalue weighted by Gasteiger charge is 2.30. The van der Waals surface area contributed by atoms with Gasteiger partial charge in [0.1, 0.15) is 0 Å². The summed E-state index contributed by atoms with van der Waals surface area (Å²) in [7, 11) is 0. The Morgan fingerprint density at radius 3 is 2.06 bits per heavy atom. The summed E-state index contributed by atoms with van der Waals surface area (Å²) in [6.45, 7) is 0. The maximum atomic E-state index is 12.8. The number of aromatic nitrogens is 1. The number of rotatable bonds is 5. The molecule has 2 aromatic carbocycles. The van der Waals surface area contributed by atoms with Crippen LogP contribution in [0.3, 0.4) is 0 Å². The Hall–Kier alpha value is -3.09. The van der Waals surface area contributed by atoms with Crippen molar-refractivity contribution in [3.05, 3.63) is 98.4 Å². The lowest BCUT2D eigenvalue weighted by atomic mass is 10.1. The zero-order valence-corrected chi connectivity index (χ0v) is 18.6. The van der Waals surface area contributed by atoms with Crippen LogP contribution in [0.2, 0.25) is 10.0 Å². The molecule has 2 amide bonds. The minimum atomic E-state index is -0.257. The van der Waals surface area contributed by atoms with Gasteiger partial charge in [-0.1, -0.05) is 29.3 Å². The summed E-state index contributed by atoms with van der Waals surface area (Å²) in [5, 5.41) is 6.72. The molecule has 1 heterocycles.